The van der Waals surface area contributed by atoms with Gasteiger partial charge in [-0.05, 0) is 75.1 Å². The minimum Gasteiger partial charge on any atom is -0.488 e. The Morgan fingerprint density at radius 3 is 2.35 bits per heavy atom. The minimum atomic E-state index is -3.85. The first-order valence-corrected chi connectivity index (χ1v) is 22.4. The molecular weight excluding hydrogens is 747 g/mol. The molecular formula is C43H55N5O8S. The van der Waals surface area contributed by atoms with E-state index in [9.17, 15) is 27.6 Å². The average Bonchev–Trinajstić information content (AvgIpc) is 3.98. The number of ether oxygens (including phenoxy) is 2. The molecule has 2 saturated heterocycles. The highest BCUT2D eigenvalue weighted by molar-refractivity contribution is 7.90. The number of pyridine rings is 1. The number of hydrogen-bond acceptors (Lipinski definition) is 9. The molecule has 1 aromatic heterocycles. The van der Waals surface area contributed by atoms with Crippen LogP contribution in [0.15, 0.2) is 48.5 Å². The van der Waals surface area contributed by atoms with Crippen molar-refractivity contribution in [3.8, 4) is 17.0 Å². The van der Waals surface area contributed by atoms with Crippen molar-refractivity contribution in [3.05, 3.63) is 59.7 Å². The highest BCUT2D eigenvalue weighted by Crippen LogP contribution is 2.35. The van der Waals surface area contributed by atoms with E-state index in [0.717, 1.165) is 79.1 Å². The van der Waals surface area contributed by atoms with Crippen LogP contribution in [0.3, 0.4) is 0 Å². The summed E-state index contributed by atoms with van der Waals surface area (Å²) in [5.74, 6) is -1.22. The zero-order valence-electron chi connectivity index (χ0n) is 32.8. The fourth-order valence-corrected chi connectivity index (χ4v) is 9.61. The van der Waals surface area contributed by atoms with Crippen molar-refractivity contribution >= 4 is 44.7 Å². The molecule has 2 aromatic carbocycles. The quantitative estimate of drug-likeness (QED) is 0.286. The number of amides is 4. The zero-order chi connectivity index (χ0) is 39.9. The smallest absolute Gasteiger partial charge is 0.407 e. The van der Waals surface area contributed by atoms with Crippen LogP contribution >= 0.6 is 0 Å². The summed E-state index contributed by atoms with van der Waals surface area (Å²) in [5.41, 5.74) is 4.72. The number of aromatic nitrogens is 1. The molecule has 3 N–H and O–H groups in total. The Kier molecular flexibility index (Phi) is 13.0. The topological polar surface area (TPSA) is 173 Å². The number of nitrogens with one attached hydrogen (secondary N) is 3. The Bertz CT molecular complexity index is 2060. The van der Waals surface area contributed by atoms with Crippen LogP contribution in [0.25, 0.3) is 22.2 Å². The van der Waals surface area contributed by atoms with Crippen LogP contribution in [0.5, 0.6) is 5.75 Å². The molecule has 1 unspecified atom stereocenters. The molecule has 5 bridgehead atoms. The summed E-state index contributed by atoms with van der Waals surface area (Å²) in [7, 11) is -3.85. The van der Waals surface area contributed by atoms with Gasteiger partial charge in [-0.2, -0.15) is 0 Å². The van der Waals surface area contributed by atoms with Crippen molar-refractivity contribution in [1.29, 1.82) is 0 Å². The summed E-state index contributed by atoms with van der Waals surface area (Å²) in [5, 5.41) is 5.88. The van der Waals surface area contributed by atoms with Gasteiger partial charge in [-0.1, -0.05) is 81.7 Å². The van der Waals surface area contributed by atoms with Crippen LogP contribution in [-0.2, 0) is 35.6 Å². The van der Waals surface area contributed by atoms with Crippen molar-refractivity contribution in [1.82, 2.24) is 25.2 Å². The molecule has 306 valence electrons. The number of alkyl carbamates (subject to hydrolysis) is 1. The van der Waals surface area contributed by atoms with Gasteiger partial charge in [-0.15, -0.1) is 0 Å². The first-order chi connectivity index (χ1) is 27.6. The molecule has 4 atom stereocenters. The maximum Gasteiger partial charge on any atom is 0.407 e. The van der Waals surface area contributed by atoms with Crippen LogP contribution in [0, 0.1) is 6.92 Å². The van der Waals surface area contributed by atoms with Crippen LogP contribution < -0.4 is 20.1 Å². The molecule has 7 rings (SSSR count). The van der Waals surface area contributed by atoms with E-state index in [-0.39, 0.29) is 26.0 Å². The monoisotopic (exact) mass is 801 g/mol. The van der Waals surface area contributed by atoms with Crippen LogP contribution in [0.4, 0.5) is 4.79 Å². The highest BCUT2D eigenvalue weighted by atomic mass is 32.2. The number of aryl methyl sites for hydroxylation is 2. The Hall–Kier alpha value is -4.72. The molecule has 13 nitrogen and oxygen atoms in total. The van der Waals surface area contributed by atoms with Crippen molar-refractivity contribution in [2.75, 3.05) is 13.2 Å². The Morgan fingerprint density at radius 2 is 1.58 bits per heavy atom. The standard InChI is InChI=1S/C43H55N5O8S/c1-28-23-37-33-24-30(28)17-9-6-7-14-22-55-43(52)46-35-19-13-5-3-2-4-12-18-34(40(49)47-57(53,54)32-20-21-32)45-41(50)38-25-31(27-48(38)42(35)51)56-39(33)26-36(44-37)29-15-10-8-11-16-29/h8,10-11,15-16,23-24,26,31-32,34-35,38H,2-7,9,12-14,17-22,25,27H2,1H3,(H,45,50)(H,46,52)(H,47,49)/t31-,34?,35+,38+/m1/s1. The Labute approximate surface area is 335 Å². The highest BCUT2D eigenvalue weighted by Gasteiger charge is 2.45. The number of hydrogen-bond donors (Lipinski definition) is 3. The lowest BCUT2D eigenvalue weighted by Gasteiger charge is -2.29. The van der Waals surface area contributed by atoms with Crippen LogP contribution in [0.2, 0.25) is 0 Å². The summed E-state index contributed by atoms with van der Waals surface area (Å²) in [6.45, 7) is 2.36. The number of benzene rings is 2. The van der Waals surface area contributed by atoms with Crippen molar-refractivity contribution in [2.45, 2.75) is 139 Å². The first kappa shape index (κ1) is 40.5. The number of carbonyl (C=O) groups excluding carboxylic acids is 4. The zero-order valence-corrected chi connectivity index (χ0v) is 33.6. The van der Waals surface area contributed by atoms with Crippen molar-refractivity contribution in [2.24, 2.45) is 0 Å². The predicted molar refractivity (Wildman–Crippen MR) is 216 cm³/mol. The van der Waals surface area contributed by atoms with E-state index in [4.69, 9.17) is 14.5 Å². The summed E-state index contributed by atoms with van der Waals surface area (Å²) < 4.78 is 40.2. The van der Waals surface area contributed by atoms with Gasteiger partial charge in [-0.3, -0.25) is 19.1 Å². The minimum absolute atomic E-state index is 0.0419. The summed E-state index contributed by atoms with van der Waals surface area (Å²) in [6.07, 6.45) is 9.42. The lowest BCUT2D eigenvalue weighted by molar-refractivity contribution is -0.141. The molecule has 0 spiro atoms. The Morgan fingerprint density at radius 1 is 0.860 bits per heavy atom. The number of cyclic esters (lactones) is 1. The van der Waals surface area contributed by atoms with Gasteiger partial charge in [0.15, 0.2) is 0 Å². The molecule has 3 aromatic rings. The van der Waals surface area contributed by atoms with Gasteiger partial charge in [-0.25, -0.2) is 18.2 Å². The largest absolute Gasteiger partial charge is 0.488 e. The molecule has 4 amide bonds. The van der Waals surface area contributed by atoms with E-state index in [1.807, 2.05) is 36.4 Å². The average molecular weight is 802 g/mol. The first-order valence-electron chi connectivity index (χ1n) is 20.8. The summed E-state index contributed by atoms with van der Waals surface area (Å²) in [6, 6.07) is 12.9. The second kappa shape index (κ2) is 18.3. The SMILES string of the molecule is Cc1cc2nc(-c3ccccc3)cc3c2cc1CCCCCCOC(=O)N[C@H]1CCCCCCCCC(C(=O)NS(=O)(=O)C2CC2)NC(=O)[C@@H]2C[C@H](CN2C1=O)O3. The molecule has 0 radical (unpaired) electrons. The predicted octanol–water partition coefficient (Wildman–Crippen LogP) is 6.00. The van der Waals surface area contributed by atoms with Crippen molar-refractivity contribution < 1.29 is 37.1 Å². The van der Waals surface area contributed by atoms with Gasteiger partial charge in [0, 0.05) is 23.4 Å². The van der Waals surface area contributed by atoms with E-state index < -0.39 is 63.3 Å². The van der Waals surface area contributed by atoms with Crippen molar-refractivity contribution in [3.63, 3.8) is 0 Å². The third-order valence-electron chi connectivity index (χ3n) is 11.7. The van der Waals surface area contributed by atoms with E-state index in [1.54, 1.807) is 0 Å². The number of sulfonamides is 1. The van der Waals surface area contributed by atoms with Crippen LogP contribution in [-0.4, -0.2) is 84.7 Å². The molecule has 3 aliphatic heterocycles. The van der Waals surface area contributed by atoms with Gasteiger partial charge in [0.25, 0.3) is 5.91 Å². The van der Waals surface area contributed by atoms with E-state index in [2.05, 4.69) is 34.4 Å². The summed E-state index contributed by atoms with van der Waals surface area (Å²) in [4.78, 5) is 62.1. The molecule has 4 aliphatic rings. The maximum atomic E-state index is 14.6. The van der Waals surface area contributed by atoms with E-state index in [1.165, 1.54) is 10.5 Å². The number of rotatable bonds is 4. The van der Waals surface area contributed by atoms with E-state index in [0.29, 0.717) is 44.3 Å². The lowest BCUT2D eigenvalue weighted by Crippen LogP contribution is -2.56. The number of carbonyl (C=O) groups is 4. The lowest BCUT2D eigenvalue weighted by atomic mass is 9.98. The third kappa shape index (κ3) is 10.2. The van der Waals surface area contributed by atoms with Gasteiger partial charge in [0.1, 0.15) is 30.0 Å². The van der Waals surface area contributed by atoms with Gasteiger partial charge >= 0.3 is 6.09 Å². The van der Waals surface area contributed by atoms with Gasteiger partial charge in [0.05, 0.1) is 29.6 Å². The fourth-order valence-electron chi connectivity index (χ4n) is 8.26. The molecule has 57 heavy (non-hydrogen) atoms. The molecule has 14 heteroatoms. The van der Waals surface area contributed by atoms with Gasteiger partial charge in [0.2, 0.25) is 21.8 Å². The second-order valence-corrected chi connectivity index (χ2v) is 18.1. The maximum absolute atomic E-state index is 14.6. The summed E-state index contributed by atoms with van der Waals surface area (Å²) >= 11 is 0. The second-order valence-electron chi connectivity index (χ2n) is 16.1. The van der Waals surface area contributed by atoms with Gasteiger partial charge < -0.3 is 25.0 Å². The Balaban J connectivity index is 1.25. The molecule has 1 saturated carbocycles. The number of nitrogens with zero attached hydrogens (tertiary/aromatic N) is 2. The number of fused-ring (bicyclic) bond motifs is 3. The third-order valence-corrected chi connectivity index (χ3v) is 13.5. The molecule has 4 heterocycles. The molecule has 1 aliphatic carbocycles. The van der Waals surface area contributed by atoms with Crippen LogP contribution in [0.1, 0.15) is 107 Å². The van der Waals surface area contributed by atoms with E-state index >= 15 is 0 Å². The normalized spacial score (nSPS) is 24.8. The molecule has 3 fully saturated rings. The fraction of sp³-hybridized carbons (Fsp3) is 0.558.